The number of aromatic nitrogens is 3. The van der Waals surface area contributed by atoms with Gasteiger partial charge < -0.3 is 5.11 Å². The summed E-state index contributed by atoms with van der Waals surface area (Å²) >= 11 is 1.66. The van der Waals surface area contributed by atoms with E-state index in [-0.39, 0.29) is 6.61 Å². The summed E-state index contributed by atoms with van der Waals surface area (Å²) < 4.78 is 1.97. The van der Waals surface area contributed by atoms with Gasteiger partial charge in [0, 0.05) is 17.7 Å². The fourth-order valence-corrected chi connectivity index (χ4v) is 2.60. The third kappa shape index (κ3) is 2.56. The maximum Gasteiger partial charge on any atom is 0.0898 e. The molecule has 0 bridgehead atoms. The van der Waals surface area contributed by atoms with Crippen molar-refractivity contribution in [3.05, 3.63) is 33.0 Å². The Labute approximate surface area is 105 Å². The van der Waals surface area contributed by atoms with Gasteiger partial charge in [-0.2, -0.15) is 5.10 Å². The first-order chi connectivity index (χ1) is 8.11. The minimum Gasteiger partial charge on any atom is -0.396 e. The first-order valence-electron chi connectivity index (χ1n) is 5.66. The van der Waals surface area contributed by atoms with E-state index in [0.717, 1.165) is 27.7 Å². The predicted octanol–water partition coefficient (Wildman–Crippen LogP) is 1.85. The lowest BCUT2D eigenvalue weighted by Gasteiger charge is -2.02. The van der Waals surface area contributed by atoms with Crippen molar-refractivity contribution >= 4 is 11.3 Å². The molecule has 0 aliphatic rings. The van der Waals surface area contributed by atoms with Crippen molar-refractivity contribution in [2.45, 2.75) is 33.7 Å². The Balaban J connectivity index is 2.24. The van der Waals surface area contributed by atoms with Crippen molar-refractivity contribution < 1.29 is 5.11 Å². The minimum atomic E-state index is 0.170. The van der Waals surface area contributed by atoms with Crippen molar-refractivity contribution in [2.24, 2.45) is 0 Å². The quantitative estimate of drug-likeness (QED) is 0.902. The van der Waals surface area contributed by atoms with Gasteiger partial charge in [0.15, 0.2) is 0 Å². The topological polar surface area (TPSA) is 50.9 Å². The van der Waals surface area contributed by atoms with Crippen molar-refractivity contribution in [1.29, 1.82) is 0 Å². The molecule has 0 aliphatic heterocycles. The number of hydrogen-bond acceptors (Lipinski definition) is 4. The molecule has 2 rings (SSSR count). The van der Waals surface area contributed by atoms with Gasteiger partial charge in [0.05, 0.1) is 22.9 Å². The van der Waals surface area contributed by atoms with E-state index in [2.05, 4.69) is 15.5 Å². The molecule has 0 fully saturated rings. The molecule has 0 radical (unpaired) electrons. The van der Waals surface area contributed by atoms with Crippen molar-refractivity contribution in [3.63, 3.8) is 0 Å². The second-order valence-electron chi connectivity index (χ2n) is 4.14. The Morgan fingerprint density at radius 3 is 2.71 bits per heavy atom. The highest BCUT2D eigenvalue weighted by atomic mass is 32.1. The molecular weight excluding hydrogens is 234 g/mol. The van der Waals surface area contributed by atoms with Crippen LogP contribution in [0.2, 0.25) is 0 Å². The zero-order valence-electron chi connectivity index (χ0n) is 10.4. The Morgan fingerprint density at radius 1 is 1.35 bits per heavy atom. The van der Waals surface area contributed by atoms with Gasteiger partial charge in [-0.1, -0.05) is 0 Å². The van der Waals surface area contributed by atoms with Gasteiger partial charge in [-0.3, -0.25) is 4.68 Å². The van der Waals surface area contributed by atoms with Crippen LogP contribution in [0.1, 0.15) is 27.7 Å². The molecule has 0 amide bonds. The highest BCUT2D eigenvalue weighted by Crippen LogP contribution is 2.16. The van der Waals surface area contributed by atoms with E-state index in [9.17, 15) is 0 Å². The molecule has 0 atom stereocenters. The van der Waals surface area contributed by atoms with Crippen LogP contribution >= 0.6 is 11.3 Å². The molecule has 2 heterocycles. The summed E-state index contributed by atoms with van der Waals surface area (Å²) in [6.45, 7) is 6.92. The first-order valence-corrected chi connectivity index (χ1v) is 6.54. The van der Waals surface area contributed by atoms with Crippen LogP contribution in [0.15, 0.2) is 5.38 Å². The Bertz CT molecular complexity index is 516. The fraction of sp³-hybridized carbons (Fsp3) is 0.500. The van der Waals surface area contributed by atoms with Crippen LogP contribution in [0.3, 0.4) is 0 Å². The zero-order chi connectivity index (χ0) is 12.4. The smallest absolute Gasteiger partial charge is 0.0898 e. The molecule has 0 saturated carbocycles. The lowest BCUT2D eigenvalue weighted by Crippen LogP contribution is -2.05. The molecular formula is C12H17N3OS. The van der Waals surface area contributed by atoms with Crippen LogP contribution in [0.25, 0.3) is 0 Å². The zero-order valence-corrected chi connectivity index (χ0v) is 11.2. The molecule has 5 heteroatoms. The summed E-state index contributed by atoms with van der Waals surface area (Å²) in [7, 11) is 0. The van der Waals surface area contributed by atoms with Crippen LogP contribution in [-0.2, 0) is 13.0 Å². The molecule has 2 aromatic heterocycles. The lowest BCUT2D eigenvalue weighted by molar-refractivity contribution is 0.299. The van der Waals surface area contributed by atoms with Gasteiger partial charge in [0.2, 0.25) is 0 Å². The van der Waals surface area contributed by atoms with E-state index in [4.69, 9.17) is 5.11 Å². The van der Waals surface area contributed by atoms with Gasteiger partial charge >= 0.3 is 0 Å². The summed E-state index contributed by atoms with van der Waals surface area (Å²) in [4.78, 5) is 4.44. The summed E-state index contributed by atoms with van der Waals surface area (Å²) in [6.07, 6.45) is 0.674. The predicted molar refractivity (Wildman–Crippen MR) is 68.4 cm³/mol. The third-order valence-electron chi connectivity index (χ3n) is 2.87. The number of aliphatic hydroxyl groups excluding tert-OH is 1. The van der Waals surface area contributed by atoms with E-state index >= 15 is 0 Å². The summed E-state index contributed by atoms with van der Waals surface area (Å²) in [5.41, 5.74) is 4.33. The van der Waals surface area contributed by atoms with E-state index < -0.39 is 0 Å². The molecule has 4 nitrogen and oxygen atoms in total. The van der Waals surface area contributed by atoms with E-state index in [1.54, 1.807) is 11.3 Å². The highest BCUT2D eigenvalue weighted by molar-refractivity contribution is 7.09. The van der Waals surface area contributed by atoms with Crippen molar-refractivity contribution in [2.75, 3.05) is 6.61 Å². The number of aryl methyl sites for hydroxylation is 2. The van der Waals surface area contributed by atoms with Gasteiger partial charge in [-0.05, 0) is 32.8 Å². The number of aliphatic hydroxyl groups is 1. The van der Waals surface area contributed by atoms with Gasteiger partial charge in [0.1, 0.15) is 0 Å². The van der Waals surface area contributed by atoms with Crippen LogP contribution in [0.4, 0.5) is 0 Å². The van der Waals surface area contributed by atoms with Gasteiger partial charge in [0.25, 0.3) is 0 Å². The minimum absolute atomic E-state index is 0.170. The van der Waals surface area contributed by atoms with Gasteiger partial charge in [-0.15, -0.1) is 11.3 Å². The standard InChI is InChI=1S/C12H17N3OS/c1-8-12(4-5-16)9(2)15(14-8)6-11-7-17-10(3)13-11/h7,16H,4-6H2,1-3H3. The maximum absolute atomic E-state index is 9.02. The average Bonchev–Trinajstić information content (AvgIpc) is 2.79. The molecule has 2 aromatic rings. The maximum atomic E-state index is 9.02. The number of rotatable bonds is 4. The van der Waals surface area contributed by atoms with E-state index in [1.807, 2.05) is 25.5 Å². The molecule has 0 saturated heterocycles. The normalized spacial score (nSPS) is 11.1. The molecule has 0 aromatic carbocycles. The molecule has 0 unspecified atom stereocenters. The van der Waals surface area contributed by atoms with Crippen LogP contribution in [-0.4, -0.2) is 26.5 Å². The molecule has 0 spiro atoms. The summed E-state index contributed by atoms with van der Waals surface area (Å²) in [6, 6.07) is 0. The summed E-state index contributed by atoms with van der Waals surface area (Å²) in [5.74, 6) is 0. The second kappa shape index (κ2) is 4.98. The van der Waals surface area contributed by atoms with Crippen LogP contribution in [0, 0.1) is 20.8 Å². The Morgan fingerprint density at radius 2 is 2.12 bits per heavy atom. The highest BCUT2D eigenvalue weighted by Gasteiger charge is 2.11. The number of thiazole rings is 1. The van der Waals surface area contributed by atoms with Crippen molar-refractivity contribution in [3.8, 4) is 0 Å². The third-order valence-corrected chi connectivity index (χ3v) is 3.69. The number of nitrogens with zero attached hydrogens (tertiary/aromatic N) is 3. The van der Waals surface area contributed by atoms with Gasteiger partial charge in [-0.25, -0.2) is 4.98 Å². The number of hydrogen-bond donors (Lipinski definition) is 1. The largest absolute Gasteiger partial charge is 0.396 e. The summed E-state index contributed by atoms with van der Waals surface area (Å²) in [5, 5.41) is 16.7. The first kappa shape index (κ1) is 12.3. The molecule has 0 aliphatic carbocycles. The van der Waals surface area contributed by atoms with E-state index in [1.165, 1.54) is 0 Å². The second-order valence-corrected chi connectivity index (χ2v) is 5.20. The Hall–Kier alpha value is -1.20. The fourth-order valence-electron chi connectivity index (χ4n) is 2.00. The SMILES string of the molecule is Cc1nc(Cn2nc(C)c(CCO)c2C)cs1. The van der Waals surface area contributed by atoms with Crippen molar-refractivity contribution in [1.82, 2.24) is 14.8 Å². The lowest BCUT2D eigenvalue weighted by atomic mass is 10.1. The average molecular weight is 251 g/mol. The molecule has 1 N–H and O–H groups in total. The Kier molecular flexibility index (Phi) is 3.59. The molecule has 17 heavy (non-hydrogen) atoms. The monoisotopic (exact) mass is 251 g/mol. The van der Waals surface area contributed by atoms with Crippen LogP contribution < -0.4 is 0 Å². The van der Waals surface area contributed by atoms with Crippen LogP contribution in [0.5, 0.6) is 0 Å². The molecule has 92 valence electrons. The van der Waals surface area contributed by atoms with E-state index in [0.29, 0.717) is 13.0 Å².